The lowest BCUT2D eigenvalue weighted by atomic mass is 10.2. The van der Waals surface area contributed by atoms with Crippen molar-refractivity contribution < 1.29 is 0 Å². The fourth-order valence-electron chi connectivity index (χ4n) is 2.32. The van der Waals surface area contributed by atoms with E-state index in [1.807, 2.05) is 12.5 Å². The van der Waals surface area contributed by atoms with Crippen molar-refractivity contribution in [3.05, 3.63) is 42.5 Å². The van der Waals surface area contributed by atoms with E-state index < -0.39 is 0 Å². The molecule has 0 aliphatic carbocycles. The van der Waals surface area contributed by atoms with Crippen LogP contribution >= 0.6 is 0 Å². The first-order chi connectivity index (χ1) is 9.24. The van der Waals surface area contributed by atoms with Gasteiger partial charge in [-0.25, -0.2) is 9.97 Å². The first kappa shape index (κ1) is 11.8. The maximum atomic E-state index is 6.00. The summed E-state index contributed by atoms with van der Waals surface area (Å²) in [5.74, 6) is 0.589. The monoisotopic (exact) mass is 255 g/mol. The van der Waals surface area contributed by atoms with Gasteiger partial charge in [-0.2, -0.15) is 0 Å². The quantitative estimate of drug-likeness (QED) is 0.777. The van der Waals surface area contributed by atoms with Gasteiger partial charge >= 0.3 is 0 Å². The van der Waals surface area contributed by atoms with E-state index in [1.165, 1.54) is 5.56 Å². The number of aryl methyl sites for hydroxylation is 3. The smallest absolute Gasteiger partial charge is 0.201 e. The number of nitrogens with zero attached hydrogens (tertiary/aromatic N) is 4. The molecule has 3 aromatic rings. The fourth-order valence-corrected chi connectivity index (χ4v) is 2.32. The molecule has 0 atom stereocenters. The van der Waals surface area contributed by atoms with E-state index in [2.05, 4.69) is 44.2 Å². The zero-order chi connectivity index (χ0) is 13.2. The molecule has 0 radical (unpaired) electrons. The van der Waals surface area contributed by atoms with Gasteiger partial charge in [0, 0.05) is 25.5 Å². The summed E-state index contributed by atoms with van der Waals surface area (Å²) in [7, 11) is 0. The van der Waals surface area contributed by atoms with Gasteiger partial charge in [0.1, 0.15) is 0 Å². The number of benzene rings is 1. The molecule has 0 aliphatic heterocycles. The Morgan fingerprint density at radius 2 is 2.16 bits per heavy atom. The lowest BCUT2D eigenvalue weighted by Gasteiger charge is -2.07. The normalized spacial score (nSPS) is 11.2. The van der Waals surface area contributed by atoms with Crippen LogP contribution in [0.2, 0.25) is 0 Å². The van der Waals surface area contributed by atoms with Gasteiger partial charge in [-0.05, 0) is 31.0 Å². The maximum absolute atomic E-state index is 6.00. The predicted octanol–water partition coefficient (Wildman–Crippen LogP) is 2.21. The highest BCUT2D eigenvalue weighted by Gasteiger charge is 2.07. The highest BCUT2D eigenvalue weighted by molar-refractivity contribution is 5.79. The Balaban J connectivity index is 1.78. The van der Waals surface area contributed by atoms with Crippen LogP contribution < -0.4 is 5.73 Å². The number of fused-ring (bicyclic) bond motifs is 1. The van der Waals surface area contributed by atoms with Crippen LogP contribution in [0.3, 0.4) is 0 Å². The van der Waals surface area contributed by atoms with Gasteiger partial charge in [0.05, 0.1) is 17.4 Å². The number of rotatable bonds is 4. The summed E-state index contributed by atoms with van der Waals surface area (Å²) in [6, 6.07) is 6.25. The molecule has 0 saturated carbocycles. The summed E-state index contributed by atoms with van der Waals surface area (Å²) in [5.41, 5.74) is 9.28. The van der Waals surface area contributed by atoms with Gasteiger partial charge in [-0.15, -0.1) is 0 Å². The Morgan fingerprint density at radius 1 is 1.26 bits per heavy atom. The second-order valence-electron chi connectivity index (χ2n) is 4.77. The molecule has 98 valence electrons. The molecule has 2 heterocycles. The van der Waals surface area contributed by atoms with E-state index in [1.54, 1.807) is 6.20 Å². The minimum absolute atomic E-state index is 0.589. The molecule has 0 unspecified atom stereocenters. The molecule has 0 spiro atoms. The molecule has 1 aromatic carbocycles. The molecular formula is C14H17N5. The molecule has 0 fully saturated rings. The summed E-state index contributed by atoms with van der Waals surface area (Å²) >= 11 is 0. The third-order valence-electron chi connectivity index (χ3n) is 3.29. The average Bonchev–Trinajstić information content (AvgIpc) is 2.98. The number of nitrogens with two attached hydrogens (primary N) is 1. The topological polar surface area (TPSA) is 61.7 Å². The SMILES string of the molecule is Cc1ccc2c(c1)nc(N)n2CCCn1ccnc1. The average molecular weight is 255 g/mol. The van der Waals surface area contributed by atoms with Crippen molar-refractivity contribution in [1.82, 2.24) is 19.1 Å². The van der Waals surface area contributed by atoms with Crippen LogP contribution in [-0.4, -0.2) is 19.1 Å². The highest BCUT2D eigenvalue weighted by Crippen LogP contribution is 2.19. The zero-order valence-corrected chi connectivity index (χ0v) is 11.0. The number of anilines is 1. The van der Waals surface area contributed by atoms with Crippen molar-refractivity contribution in [3.63, 3.8) is 0 Å². The largest absolute Gasteiger partial charge is 0.369 e. The zero-order valence-electron chi connectivity index (χ0n) is 11.0. The molecule has 0 aliphatic rings. The van der Waals surface area contributed by atoms with Crippen LogP contribution in [-0.2, 0) is 13.1 Å². The summed E-state index contributed by atoms with van der Waals surface area (Å²) in [5, 5.41) is 0. The summed E-state index contributed by atoms with van der Waals surface area (Å²) in [6.07, 6.45) is 6.60. The van der Waals surface area contributed by atoms with Crippen molar-refractivity contribution in [2.45, 2.75) is 26.4 Å². The highest BCUT2D eigenvalue weighted by atomic mass is 15.2. The molecular weight excluding hydrogens is 238 g/mol. The predicted molar refractivity (Wildman–Crippen MR) is 75.7 cm³/mol. The van der Waals surface area contributed by atoms with Crippen LogP contribution in [0.5, 0.6) is 0 Å². The van der Waals surface area contributed by atoms with Gasteiger partial charge in [-0.3, -0.25) is 0 Å². The van der Waals surface area contributed by atoms with Crippen molar-refractivity contribution in [1.29, 1.82) is 0 Å². The van der Waals surface area contributed by atoms with Crippen LogP contribution in [0, 0.1) is 6.92 Å². The number of hydrogen-bond acceptors (Lipinski definition) is 3. The number of imidazole rings is 2. The summed E-state index contributed by atoms with van der Waals surface area (Å²) < 4.78 is 4.14. The molecule has 0 saturated heterocycles. The van der Waals surface area contributed by atoms with E-state index in [-0.39, 0.29) is 0 Å². The minimum atomic E-state index is 0.589. The molecule has 0 amide bonds. The Hall–Kier alpha value is -2.30. The molecule has 2 aromatic heterocycles. The van der Waals surface area contributed by atoms with Crippen LogP contribution in [0.25, 0.3) is 11.0 Å². The molecule has 19 heavy (non-hydrogen) atoms. The summed E-state index contributed by atoms with van der Waals surface area (Å²) in [6.45, 7) is 3.86. The second kappa shape index (κ2) is 4.76. The Kier molecular flexibility index (Phi) is 2.95. The Morgan fingerprint density at radius 3 is 2.95 bits per heavy atom. The van der Waals surface area contributed by atoms with Gasteiger partial charge in [0.25, 0.3) is 0 Å². The Labute approximate surface area is 111 Å². The van der Waals surface area contributed by atoms with Crippen molar-refractivity contribution in [3.8, 4) is 0 Å². The van der Waals surface area contributed by atoms with Crippen LogP contribution in [0.1, 0.15) is 12.0 Å². The molecule has 5 nitrogen and oxygen atoms in total. The minimum Gasteiger partial charge on any atom is -0.369 e. The lowest BCUT2D eigenvalue weighted by molar-refractivity contribution is 0.575. The van der Waals surface area contributed by atoms with Gasteiger partial charge < -0.3 is 14.9 Å². The van der Waals surface area contributed by atoms with Crippen LogP contribution in [0.15, 0.2) is 36.9 Å². The fraction of sp³-hybridized carbons (Fsp3) is 0.286. The maximum Gasteiger partial charge on any atom is 0.201 e. The number of nitrogen functional groups attached to an aromatic ring is 1. The van der Waals surface area contributed by atoms with Gasteiger partial charge in [0.2, 0.25) is 5.95 Å². The van der Waals surface area contributed by atoms with Crippen molar-refractivity contribution in [2.75, 3.05) is 5.73 Å². The summed E-state index contributed by atoms with van der Waals surface area (Å²) in [4.78, 5) is 8.45. The van der Waals surface area contributed by atoms with Crippen LogP contribution in [0.4, 0.5) is 5.95 Å². The van der Waals surface area contributed by atoms with Crippen molar-refractivity contribution in [2.24, 2.45) is 0 Å². The van der Waals surface area contributed by atoms with E-state index in [0.29, 0.717) is 5.95 Å². The van der Waals surface area contributed by atoms with Gasteiger partial charge in [-0.1, -0.05) is 6.07 Å². The standard InChI is InChI=1S/C14H17N5/c1-11-3-4-13-12(9-11)17-14(15)19(13)7-2-6-18-8-5-16-10-18/h3-5,8-10H,2,6-7H2,1H3,(H2,15,17). The molecule has 5 heteroatoms. The number of hydrogen-bond donors (Lipinski definition) is 1. The van der Waals surface area contributed by atoms with Gasteiger partial charge in [0.15, 0.2) is 0 Å². The first-order valence-electron chi connectivity index (χ1n) is 6.42. The van der Waals surface area contributed by atoms with E-state index in [9.17, 15) is 0 Å². The molecule has 0 bridgehead atoms. The third kappa shape index (κ3) is 2.31. The van der Waals surface area contributed by atoms with E-state index in [0.717, 1.165) is 30.5 Å². The lowest BCUT2D eigenvalue weighted by Crippen LogP contribution is -2.06. The molecule has 2 N–H and O–H groups in total. The first-order valence-corrected chi connectivity index (χ1v) is 6.42. The van der Waals surface area contributed by atoms with E-state index in [4.69, 9.17) is 5.73 Å². The Bertz CT molecular complexity index is 681. The third-order valence-corrected chi connectivity index (χ3v) is 3.29. The second-order valence-corrected chi connectivity index (χ2v) is 4.77. The van der Waals surface area contributed by atoms with E-state index >= 15 is 0 Å². The molecule has 3 rings (SSSR count). The number of aromatic nitrogens is 4. The van der Waals surface area contributed by atoms with Crippen molar-refractivity contribution >= 4 is 17.0 Å².